The maximum absolute atomic E-state index is 11.9. The van der Waals surface area contributed by atoms with E-state index in [1.54, 1.807) is 6.26 Å². The summed E-state index contributed by atoms with van der Waals surface area (Å²) >= 11 is 0. The van der Waals surface area contributed by atoms with Crippen LogP contribution >= 0.6 is 0 Å². The molecule has 0 fully saturated rings. The smallest absolute Gasteiger partial charge is 0.293 e. The number of nitrogen functional groups attached to an aromatic ring is 1. The van der Waals surface area contributed by atoms with Gasteiger partial charge in [-0.3, -0.25) is 25.0 Å². The first kappa shape index (κ1) is 17.1. The molecule has 0 heterocycles. The van der Waals surface area contributed by atoms with Crippen LogP contribution in [-0.4, -0.2) is 33.1 Å². The van der Waals surface area contributed by atoms with Gasteiger partial charge in [0.25, 0.3) is 11.6 Å². The molecule has 116 valence electrons. The van der Waals surface area contributed by atoms with Crippen molar-refractivity contribution >= 4 is 28.1 Å². The Balaban J connectivity index is 2.71. The van der Waals surface area contributed by atoms with E-state index in [-0.39, 0.29) is 28.1 Å². The number of nitrogens with two attached hydrogens (primary N) is 1. The lowest BCUT2D eigenvalue weighted by molar-refractivity contribution is -0.384. The fourth-order valence-corrected chi connectivity index (χ4v) is 2.06. The second kappa shape index (κ2) is 7.70. The number of benzene rings is 1. The highest BCUT2D eigenvalue weighted by Gasteiger charge is 2.16. The molecule has 0 saturated heterocycles. The summed E-state index contributed by atoms with van der Waals surface area (Å²) in [5.74, 6) is 4.85. The highest BCUT2D eigenvalue weighted by molar-refractivity contribution is 7.84. The molecule has 1 amide bonds. The number of nitro benzene ring substituents is 1. The summed E-state index contributed by atoms with van der Waals surface area (Å²) in [6.07, 6.45) is 2.20. The normalized spacial score (nSPS) is 13.3. The van der Waals surface area contributed by atoms with Crippen molar-refractivity contribution in [3.05, 3.63) is 33.9 Å². The molecule has 1 aromatic carbocycles. The quantitative estimate of drug-likeness (QED) is 0.387. The molecule has 8 nitrogen and oxygen atoms in total. The van der Waals surface area contributed by atoms with E-state index in [2.05, 4.69) is 10.7 Å². The number of hydrogen-bond donors (Lipinski definition) is 3. The van der Waals surface area contributed by atoms with Crippen molar-refractivity contribution < 1.29 is 13.9 Å². The van der Waals surface area contributed by atoms with Crippen LogP contribution in [-0.2, 0) is 10.8 Å². The average Bonchev–Trinajstić information content (AvgIpc) is 2.45. The zero-order chi connectivity index (χ0) is 16.0. The summed E-state index contributed by atoms with van der Waals surface area (Å²) in [6.45, 7) is 2.21. The first-order chi connectivity index (χ1) is 9.86. The third-order valence-electron chi connectivity index (χ3n) is 3.01. The molecule has 1 rings (SSSR count). The molecule has 0 spiro atoms. The SMILES string of the molecule is CC(CCNC(=O)c1ccc([N+](=O)[O-])c(NN)c1)S(C)=O. The van der Waals surface area contributed by atoms with Gasteiger partial charge in [0.1, 0.15) is 5.69 Å². The third-order valence-corrected chi connectivity index (χ3v) is 4.38. The van der Waals surface area contributed by atoms with Gasteiger partial charge < -0.3 is 10.7 Å². The Kier molecular flexibility index (Phi) is 6.25. The number of nitro groups is 1. The topological polar surface area (TPSA) is 127 Å². The van der Waals surface area contributed by atoms with E-state index in [1.807, 2.05) is 6.92 Å². The van der Waals surface area contributed by atoms with Crippen molar-refractivity contribution in [1.82, 2.24) is 5.32 Å². The van der Waals surface area contributed by atoms with Gasteiger partial charge in [0.2, 0.25) is 0 Å². The lowest BCUT2D eigenvalue weighted by Crippen LogP contribution is -2.27. The van der Waals surface area contributed by atoms with Gasteiger partial charge in [-0.05, 0) is 18.6 Å². The molecule has 0 aliphatic rings. The Labute approximate surface area is 124 Å². The van der Waals surface area contributed by atoms with Crippen LogP contribution in [0.3, 0.4) is 0 Å². The number of hydrazine groups is 1. The number of hydrogen-bond acceptors (Lipinski definition) is 6. The average molecular weight is 314 g/mol. The molecule has 2 unspecified atom stereocenters. The van der Waals surface area contributed by atoms with Crippen molar-refractivity contribution in [2.45, 2.75) is 18.6 Å². The lowest BCUT2D eigenvalue weighted by Gasteiger charge is -2.10. The van der Waals surface area contributed by atoms with Crippen molar-refractivity contribution in [1.29, 1.82) is 0 Å². The number of anilines is 1. The predicted molar refractivity (Wildman–Crippen MR) is 81.4 cm³/mol. The van der Waals surface area contributed by atoms with Crippen LogP contribution in [0.2, 0.25) is 0 Å². The van der Waals surface area contributed by atoms with E-state index >= 15 is 0 Å². The van der Waals surface area contributed by atoms with Gasteiger partial charge in [-0.15, -0.1) is 0 Å². The molecule has 0 aliphatic heterocycles. The molecule has 21 heavy (non-hydrogen) atoms. The largest absolute Gasteiger partial charge is 0.352 e. The monoisotopic (exact) mass is 314 g/mol. The zero-order valence-corrected chi connectivity index (χ0v) is 12.6. The van der Waals surface area contributed by atoms with Crippen LogP contribution in [0.5, 0.6) is 0 Å². The fraction of sp³-hybridized carbons (Fsp3) is 0.417. The summed E-state index contributed by atoms with van der Waals surface area (Å²) in [6, 6.07) is 3.89. The van der Waals surface area contributed by atoms with E-state index in [9.17, 15) is 19.1 Å². The minimum Gasteiger partial charge on any atom is -0.352 e. The van der Waals surface area contributed by atoms with E-state index in [1.165, 1.54) is 18.2 Å². The lowest BCUT2D eigenvalue weighted by atomic mass is 10.1. The zero-order valence-electron chi connectivity index (χ0n) is 11.8. The van der Waals surface area contributed by atoms with Gasteiger partial charge in [0.15, 0.2) is 0 Å². The highest BCUT2D eigenvalue weighted by atomic mass is 32.2. The van der Waals surface area contributed by atoms with E-state index in [0.29, 0.717) is 13.0 Å². The van der Waals surface area contributed by atoms with Gasteiger partial charge in [0, 0.05) is 40.5 Å². The maximum Gasteiger partial charge on any atom is 0.293 e. The molecule has 0 saturated carbocycles. The van der Waals surface area contributed by atoms with Crippen LogP contribution in [0.15, 0.2) is 18.2 Å². The number of nitrogens with zero attached hydrogens (tertiary/aromatic N) is 1. The molecule has 1 aromatic rings. The maximum atomic E-state index is 11.9. The minimum absolute atomic E-state index is 0.0107. The molecule has 2 atom stereocenters. The second-order valence-corrected chi connectivity index (χ2v) is 6.29. The minimum atomic E-state index is -0.936. The molecule has 0 radical (unpaired) electrons. The molecule has 0 bridgehead atoms. The summed E-state index contributed by atoms with van der Waals surface area (Å²) < 4.78 is 11.2. The van der Waals surface area contributed by atoms with Crippen LogP contribution < -0.4 is 16.6 Å². The second-order valence-electron chi connectivity index (χ2n) is 4.49. The number of nitrogens with one attached hydrogen (secondary N) is 2. The van der Waals surface area contributed by atoms with Crippen molar-refractivity contribution in [2.24, 2.45) is 5.84 Å². The van der Waals surface area contributed by atoms with Crippen LogP contribution in [0, 0.1) is 10.1 Å². The number of carbonyl (C=O) groups excluding carboxylic acids is 1. The number of rotatable bonds is 7. The van der Waals surface area contributed by atoms with Crippen LogP contribution in [0.4, 0.5) is 11.4 Å². The van der Waals surface area contributed by atoms with Gasteiger partial charge in [-0.2, -0.15) is 0 Å². The summed E-state index contributed by atoms with van der Waals surface area (Å²) in [5, 5.41) is 13.4. The van der Waals surface area contributed by atoms with Gasteiger partial charge >= 0.3 is 0 Å². The van der Waals surface area contributed by atoms with Crippen LogP contribution in [0.1, 0.15) is 23.7 Å². The van der Waals surface area contributed by atoms with Crippen molar-refractivity contribution in [3.63, 3.8) is 0 Å². The van der Waals surface area contributed by atoms with Crippen molar-refractivity contribution in [2.75, 3.05) is 18.2 Å². The first-order valence-electron chi connectivity index (χ1n) is 6.22. The van der Waals surface area contributed by atoms with Gasteiger partial charge in [-0.1, -0.05) is 6.92 Å². The molecule has 0 aromatic heterocycles. The predicted octanol–water partition coefficient (Wildman–Crippen LogP) is 0.767. The van der Waals surface area contributed by atoms with E-state index in [4.69, 9.17) is 5.84 Å². The van der Waals surface area contributed by atoms with Crippen LogP contribution in [0.25, 0.3) is 0 Å². The Morgan fingerprint density at radius 1 is 1.52 bits per heavy atom. The van der Waals surface area contributed by atoms with E-state index in [0.717, 1.165) is 0 Å². The third kappa shape index (κ3) is 4.80. The van der Waals surface area contributed by atoms with Gasteiger partial charge in [0.05, 0.1) is 4.92 Å². The number of amides is 1. The molecule has 4 N–H and O–H groups in total. The van der Waals surface area contributed by atoms with Crippen molar-refractivity contribution in [3.8, 4) is 0 Å². The number of carbonyl (C=O) groups is 1. The highest BCUT2D eigenvalue weighted by Crippen LogP contribution is 2.24. The Morgan fingerprint density at radius 2 is 2.19 bits per heavy atom. The summed E-state index contributed by atoms with van der Waals surface area (Å²) in [7, 11) is -0.936. The van der Waals surface area contributed by atoms with Gasteiger partial charge in [-0.25, -0.2) is 0 Å². The fourth-order valence-electron chi connectivity index (χ4n) is 1.61. The Bertz CT molecular complexity index is 564. The molecular weight excluding hydrogens is 296 g/mol. The Hall–Kier alpha value is -2.00. The first-order valence-corrected chi connectivity index (χ1v) is 7.84. The molecule has 9 heteroatoms. The molecule has 0 aliphatic carbocycles. The summed E-state index contributed by atoms with van der Waals surface area (Å²) in [4.78, 5) is 22.1. The Morgan fingerprint density at radius 3 is 2.71 bits per heavy atom. The summed E-state index contributed by atoms with van der Waals surface area (Å²) in [5.41, 5.74) is 2.32. The van der Waals surface area contributed by atoms with E-state index < -0.39 is 15.7 Å². The standard InChI is InChI=1S/C12H18N4O4S/c1-8(21(2)20)5-6-14-12(17)9-3-4-11(16(18)19)10(7-9)15-13/h3-4,7-8,15H,5-6,13H2,1-2H3,(H,14,17). The molecular formula is C12H18N4O4S.